The van der Waals surface area contributed by atoms with Crippen molar-refractivity contribution in [2.45, 2.75) is 40.5 Å². The topological polar surface area (TPSA) is 126 Å². The maximum absolute atomic E-state index is 12.2. The van der Waals surface area contributed by atoms with Crippen LogP contribution in [0.2, 0.25) is 0 Å². The Bertz CT molecular complexity index is 920. The highest BCUT2D eigenvalue weighted by atomic mass is 16.7. The van der Waals surface area contributed by atoms with Crippen LogP contribution in [0.15, 0.2) is 47.2 Å². The molecule has 0 aromatic heterocycles. The maximum Gasteiger partial charge on any atom is 0.513 e. The van der Waals surface area contributed by atoms with Crippen LogP contribution in [0.4, 0.5) is 15.3 Å². The van der Waals surface area contributed by atoms with Gasteiger partial charge in [0, 0.05) is 11.6 Å². The Labute approximate surface area is 180 Å². The highest BCUT2D eigenvalue weighted by molar-refractivity contribution is 5.66. The van der Waals surface area contributed by atoms with Gasteiger partial charge >= 0.3 is 12.3 Å². The molecule has 0 bridgehead atoms. The van der Waals surface area contributed by atoms with Crippen molar-refractivity contribution < 1.29 is 33.5 Å². The van der Waals surface area contributed by atoms with Crippen molar-refractivity contribution in [3.05, 3.63) is 62.9 Å². The van der Waals surface area contributed by atoms with E-state index in [1.165, 1.54) is 18.2 Å². The molecule has 0 spiro atoms. The molecule has 1 unspecified atom stereocenters. The molecule has 0 amide bonds. The van der Waals surface area contributed by atoms with Gasteiger partial charge in [0.1, 0.15) is 17.4 Å². The van der Waals surface area contributed by atoms with Crippen molar-refractivity contribution in [3.63, 3.8) is 0 Å². The molecule has 2 rings (SSSR count). The summed E-state index contributed by atoms with van der Waals surface area (Å²) in [5, 5.41) is 14.8. The first-order chi connectivity index (χ1) is 14.7. The van der Waals surface area contributed by atoms with Gasteiger partial charge in [-0.05, 0) is 26.7 Å². The second kappa shape index (κ2) is 10.5. The highest BCUT2D eigenvalue weighted by Gasteiger charge is 2.40. The quantitative estimate of drug-likeness (QED) is 0.368. The number of carbonyl (C=O) groups excluding carboxylic acids is 2. The standard InChI is InChI=1S/C21H26N2O8/c1-6-28-20(24)30-18-13(5)22-17(12(3)4)19(31-21(25)29-7-2)16(18)14-10-8-9-11-15(14)23(26)27/h8-12,16,22H,6-7H2,1-5H3. The van der Waals surface area contributed by atoms with Crippen molar-refractivity contribution >= 4 is 18.0 Å². The summed E-state index contributed by atoms with van der Waals surface area (Å²) in [5.74, 6) is -1.15. The zero-order chi connectivity index (χ0) is 23.1. The van der Waals surface area contributed by atoms with Crippen LogP contribution in [-0.4, -0.2) is 30.4 Å². The molecule has 168 valence electrons. The summed E-state index contributed by atoms with van der Waals surface area (Å²) in [6.45, 7) is 8.77. The molecule has 0 saturated heterocycles. The normalized spacial score (nSPS) is 16.0. The van der Waals surface area contributed by atoms with Crippen LogP contribution in [0.5, 0.6) is 0 Å². The first-order valence-corrected chi connectivity index (χ1v) is 9.85. The minimum atomic E-state index is -1.06. The molecule has 10 heteroatoms. The number of nitro benzene ring substituents is 1. The number of nitrogens with one attached hydrogen (secondary N) is 1. The van der Waals surface area contributed by atoms with E-state index in [0.29, 0.717) is 11.4 Å². The largest absolute Gasteiger partial charge is 0.513 e. The van der Waals surface area contributed by atoms with E-state index in [1.54, 1.807) is 26.8 Å². The summed E-state index contributed by atoms with van der Waals surface area (Å²) in [6.07, 6.45) is -1.96. The minimum absolute atomic E-state index is 0.0245. The fourth-order valence-electron chi connectivity index (χ4n) is 3.15. The molecule has 1 aliphatic heterocycles. The van der Waals surface area contributed by atoms with Crippen LogP contribution >= 0.6 is 0 Å². The Morgan fingerprint density at radius 3 is 2.13 bits per heavy atom. The number of dihydropyridines is 1. The van der Waals surface area contributed by atoms with Gasteiger partial charge < -0.3 is 24.3 Å². The molecular weight excluding hydrogens is 408 g/mol. The maximum atomic E-state index is 12.2. The van der Waals surface area contributed by atoms with Gasteiger partial charge in [-0.25, -0.2) is 9.59 Å². The van der Waals surface area contributed by atoms with Gasteiger partial charge in [-0.1, -0.05) is 32.0 Å². The van der Waals surface area contributed by atoms with Crippen molar-refractivity contribution in [2.24, 2.45) is 5.92 Å². The molecule has 1 aliphatic rings. The van der Waals surface area contributed by atoms with Crippen molar-refractivity contribution in [2.75, 3.05) is 13.2 Å². The molecule has 31 heavy (non-hydrogen) atoms. The fourth-order valence-corrected chi connectivity index (χ4v) is 3.15. The van der Waals surface area contributed by atoms with Crippen LogP contribution in [0.1, 0.15) is 46.1 Å². The Morgan fingerprint density at radius 1 is 1.06 bits per heavy atom. The molecule has 1 atom stereocenters. The van der Waals surface area contributed by atoms with Gasteiger partial charge in [0.2, 0.25) is 0 Å². The van der Waals surface area contributed by atoms with Gasteiger partial charge in [-0.15, -0.1) is 0 Å². The summed E-state index contributed by atoms with van der Waals surface area (Å²) < 4.78 is 20.7. The Balaban J connectivity index is 2.72. The molecule has 1 heterocycles. The molecule has 10 nitrogen and oxygen atoms in total. The summed E-state index contributed by atoms with van der Waals surface area (Å²) in [7, 11) is 0. The third kappa shape index (κ3) is 5.53. The number of hydrogen-bond acceptors (Lipinski definition) is 9. The van der Waals surface area contributed by atoms with Gasteiger partial charge in [-0.2, -0.15) is 0 Å². The lowest BCUT2D eigenvalue weighted by molar-refractivity contribution is -0.385. The average Bonchev–Trinajstić information content (AvgIpc) is 2.70. The third-order valence-corrected chi connectivity index (χ3v) is 4.41. The molecule has 0 aliphatic carbocycles. The zero-order valence-corrected chi connectivity index (χ0v) is 18.1. The third-order valence-electron chi connectivity index (χ3n) is 4.41. The lowest BCUT2D eigenvalue weighted by Gasteiger charge is -2.32. The number of nitrogens with zero attached hydrogens (tertiary/aromatic N) is 1. The lowest BCUT2D eigenvalue weighted by Crippen LogP contribution is -2.32. The van der Waals surface area contributed by atoms with Gasteiger partial charge in [0.05, 0.1) is 29.5 Å². The first-order valence-electron chi connectivity index (χ1n) is 9.85. The first kappa shape index (κ1) is 23.7. The van der Waals surface area contributed by atoms with E-state index in [0.717, 1.165) is 0 Å². The second-order valence-corrected chi connectivity index (χ2v) is 6.87. The molecule has 0 saturated carbocycles. The zero-order valence-electron chi connectivity index (χ0n) is 18.1. The van der Waals surface area contributed by atoms with E-state index in [-0.39, 0.29) is 41.9 Å². The second-order valence-electron chi connectivity index (χ2n) is 6.87. The van der Waals surface area contributed by atoms with Gasteiger partial charge in [-0.3, -0.25) is 10.1 Å². The van der Waals surface area contributed by atoms with Crippen LogP contribution in [0.25, 0.3) is 0 Å². The number of para-hydroxylation sites is 1. The van der Waals surface area contributed by atoms with Gasteiger partial charge in [0.15, 0.2) is 0 Å². The molecular formula is C21H26N2O8. The van der Waals surface area contributed by atoms with Crippen molar-refractivity contribution in [1.29, 1.82) is 0 Å². The van der Waals surface area contributed by atoms with E-state index < -0.39 is 23.2 Å². The van der Waals surface area contributed by atoms with E-state index in [1.807, 2.05) is 13.8 Å². The van der Waals surface area contributed by atoms with Crippen LogP contribution in [0.3, 0.4) is 0 Å². The van der Waals surface area contributed by atoms with E-state index >= 15 is 0 Å². The summed E-state index contributed by atoms with van der Waals surface area (Å²) in [4.78, 5) is 35.5. The van der Waals surface area contributed by atoms with Crippen LogP contribution in [-0.2, 0) is 18.9 Å². The smallest absolute Gasteiger partial charge is 0.434 e. The van der Waals surface area contributed by atoms with E-state index in [2.05, 4.69) is 5.32 Å². The molecule has 1 aromatic carbocycles. The van der Waals surface area contributed by atoms with E-state index in [4.69, 9.17) is 18.9 Å². The summed E-state index contributed by atoms with van der Waals surface area (Å²) in [6, 6.07) is 5.97. The Hall–Kier alpha value is -3.56. The number of nitro groups is 1. The summed E-state index contributed by atoms with van der Waals surface area (Å²) in [5.41, 5.74) is 0.895. The average molecular weight is 434 g/mol. The lowest BCUT2D eigenvalue weighted by atomic mass is 9.87. The monoisotopic (exact) mass is 434 g/mol. The molecule has 1 aromatic rings. The molecule has 1 N–H and O–H groups in total. The highest BCUT2D eigenvalue weighted by Crippen LogP contribution is 2.44. The van der Waals surface area contributed by atoms with Crippen molar-refractivity contribution in [1.82, 2.24) is 5.32 Å². The van der Waals surface area contributed by atoms with Gasteiger partial charge in [0.25, 0.3) is 5.69 Å². The summed E-state index contributed by atoms with van der Waals surface area (Å²) >= 11 is 0. The number of carbonyl (C=O) groups is 2. The number of allylic oxidation sites excluding steroid dienone is 2. The van der Waals surface area contributed by atoms with E-state index in [9.17, 15) is 19.7 Å². The molecule has 0 radical (unpaired) electrons. The molecule has 0 fully saturated rings. The number of hydrogen-bond donors (Lipinski definition) is 1. The number of rotatable bonds is 7. The number of benzene rings is 1. The minimum Gasteiger partial charge on any atom is -0.434 e. The predicted molar refractivity (Wildman–Crippen MR) is 110 cm³/mol. The predicted octanol–water partition coefficient (Wildman–Crippen LogP) is 4.73. The fraction of sp³-hybridized carbons (Fsp3) is 0.429. The van der Waals surface area contributed by atoms with Crippen LogP contribution in [0, 0.1) is 16.0 Å². The van der Waals surface area contributed by atoms with Crippen LogP contribution < -0.4 is 5.32 Å². The van der Waals surface area contributed by atoms with Crippen molar-refractivity contribution in [3.8, 4) is 0 Å². The Morgan fingerprint density at radius 2 is 1.61 bits per heavy atom. The SMILES string of the molecule is CCOC(=O)OC1=C(C)NC(C(C)C)=C(OC(=O)OCC)C1c1ccccc1[N+](=O)[O-]. The Kier molecular flexibility index (Phi) is 8.00. The number of ether oxygens (including phenoxy) is 4.